The zero-order valence-electron chi connectivity index (χ0n) is 7.90. The average molecular weight is 185 g/mol. The van der Waals surface area contributed by atoms with Crippen molar-refractivity contribution >= 4 is 5.91 Å². The third kappa shape index (κ3) is 5.05. The Morgan fingerprint density at radius 2 is 2.31 bits per heavy atom. The van der Waals surface area contributed by atoms with Crippen molar-refractivity contribution < 1.29 is 4.79 Å². The molecule has 6 heteroatoms. The second-order valence-electron chi connectivity index (χ2n) is 3.03. The SMILES string of the molecule is CC(C)C(NCCN=[N+]=[N-])C(N)=O. The lowest BCUT2D eigenvalue weighted by Gasteiger charge is -2.17. The number of carbonyl (C=O) groups excluding carboxylic acids is 1. The fourth-order valence-corrected chi connectivity index (χ4v) is 0.980. The van der Waals surface area contributed by atoms with Gasteiger partial charge in [-0.1, -0.05) is 19.0 Å². The lowest BCUT2D eigenvalue weighted by molar-refractivity contribution is -0.120. The minimum absolute atomic E-state index is 0.142. The van der Waals surface area contributed by atoms with E-state index < -0.39 is 0 Å². The van der Waals surface area contributed by atoms with Gasteiger partial charge in [-0.3, -0.25) is 4.79 Å². The molecule has 0 fully saturated rings. The minimum Gasteiger partial charge on any atom is -0.368 e. The molecular weight excluding hydrogens is 170 g/mol. The second kappa shape index (κ2) is 6.28. The molecule has 0 radical (unpaired) electrons. The zero-order chi connectivity index (χ0) is 10.3. The summed E-state index contributed by atoms with van der Waals surface area (Å²) in [6.07, 6.45) is 0. The fourth-order valence-electron chi connectivity index (χ4n) is 0.980. The Bertz CT molecular complexity index is 209. The predicted molar refractivity (Wildman–Crippen MR) is 49.8 cm³/mol. The van der Waals surface area contributed by atoms with E-state index in [2.05, 4.69) is 15.3 Å². The Labute approximate surface area is 77.1 Å². The van der Waals surface area contributed by atoms with Crippen LogP contribution in [-0.4, -0.2) is 25.0 Å². The number of primary amides is 1. The van der Waals surface area contributed by atoms with E-state index in [0.717, 1.165) is 0 Å². The van der Waals surface area contributed by atoms with Crippen LogP contribution >= 0.6 is 0 Å². The third-order valence-corrected chi connectivity index (χ3v) is 1.61. The van der Waals surface area contributed by atoms with Gasteiger partial charge < -0.3 is 11.1 Å². The van der Waals surface area contributed by atoms with Crippen molar-refractivity contribution in [1.82, 2.24) is 5.32 Å². The number of hydrogen-bond donors (Lipinski definition) is 2. The van der Waals surface area contributed by atoms with E-state index in [0.29, 0.717) is 13.1 Å². The van der Waals surface area contributed by atoms with Crippen LogP contribution in [-0.2, 0) is 4.79 Å². The summed E-state index contributed by atoms with van der Waals surface area (Å²) in [4.78, 5) is 13.5. The lowest BCUT2D eigenvalue weighted by atomic mass is 10.0. The van der Waals surface area contributed by atoms with Gasteiger partial charge in [-0.25, -0.2) is 0 Å². The predicted octanol–water partition coefficient (Wildman–Crippen LogP) is 0.396. The lowest BCUT2D eigenvalue weighted by Crippen LogP contribution is -2.45. The van der Waals surface area contributed by atoms with Crippen LogP contribution in [0.5, 0.6) is 0 Å². The van der Waals surface area contributed by atoms with E-state index in [1.165, 1.54) is 0 Å². The molecule has 74 valence electrons. The molecule has 1 amide bonds. The van der Waals surface area contributed by atoms with Gasteiger partial charge in [0.25, 0.3) is 0 Å². The van der Waals surface area contributed by atoms with Crippen LogP contribution in [0.15, 0.2) is 5.11 Å². The van der Waals surface area contributed by atoms with E-state index in [9.17, 15) is 4.79 Å². The highest BCUT2D eigenvalue weighted by molar-refractivity contribution is 5.80. The first kappa shape index (κ1) is 11.7. The highest BCUT2D eigenvalue weighted by Crippen LogP contribution is 1.99. The topological polar surface area (TPSA) is 104 Å². The molecule has 6 nitrogen and oxygen atoms in total. The maximum Gasteiger partial charge on any atom is 0.234 e. The molecule has 0 aliphatic heterocycles. The van der Waals surface area contributed by atoms with E-state index in [-0.39, 0.29) is 17.9 Å². The molecule has 0 bridgehead atoms. The highest BCUT2D eigenvalue weighted by atomic mass is 16.1. The summed E-state index contributed by atoms with van der Waals surface area (Å²) >= 11 is 0. The van der Waals surface area contributed by atoms with Crippen LogP contribution < -0.4 is 11.1 Å². The number of nitrogens with zero attached hydrogens (tertiary/aromatic N) is 3. The van der Waals surface area contributed by atoms with Crippen molar-refractivity contribution in [3.63, 3.8) is 0 Å². The maximum atomic E-state index is 10.9. The maximum absolute atomic E-state index is 10.9. The van der Waals surface area contributed by atoms with E-state index in [1.807, 2.05) is 13.8 Å². The van der Waals surface area contributed by atoms with Gasteiger partial charge in [0.05, 0.1) is 6.04 Å². The molecule has 0 aromatic rings. The molecule has 0 saturated heterocycles. The molecule has 13 heavy (non-hydrogen) atoms. The minimum atomic E-state index is -0.379. The quantitative estimate of drug-likeness (QED) is 0.270. The van der Waals surface area contributed by atoms with Crippen molar-refractivity contribution in [2.24, 2.45) is 16.8 Å². The van der Waals surface area contributed by atoms with Crippen LogP contribution in [0, 0.1) is 5.92 Å². The number of amides is 1. The van der Waals surface area contributed by atoms with Gasteiger partial charge in [0.1, 0.15) is 0 Å². The van der Waals surface area contributed by atoms with Crippen molar-refractivity contribution in [3.8, 4) is 0 Å². The molecule has 0 aromatic carbocycles. The number of hydrogen-bond acceptors (Lipinski definition) is 3. The molecule has 0 saturated carbocycles. The fraction of sp³-hybridized carbons (Fsp3) is 0.857. The number of nitrogens with one attached hydrogen (secondary N) is 1. The summed E-state index contributed by atoms with van der Waals surface area (Å²) in [5, 5.41) is 6.24. The average Bonchev–Trinajstić information content (AvgIpc) is 2.02. The van der Waals surface area contributed by atoms with Gasteiger partial charge in [0, 0.05) is 18.0 Å². The summed E-state index contributed by atoms with van der Waals surface area (Å²) in [7, 11) is 0. The largest absolute Gasteiger partial charge is 0.368 e. The summed E-state index contributed by atoms with van der Waals surface area (Å²) in [5.74, 6) is -0.237. The first-order valence-corrected chi connectivity index (χ1v) is 4.13. The first-order valence-electron chi connectivity index (χ1n) is 4.13. The van der Waals surface area contributed by atoms with Gasteiger partial charge >= 0.3 is 0 Å². The Morgan fingerprint density at radius 1 is 1.69 bits per heavy atom. The smallest absolute Gasteiger partial charge is 0.234 e. The number of nitrogens with two attached hydrogens (primary N) is 1. The molecule has 3 N–H and O–H groups in total. The summed E-state index contributed by atoms with van der Waals surface area (Å²) in [6, 6.07) is -0.353. The molecule has 0 aliphatic carbocycles. The highest BCUT2D eigenvalue weighted by Gasteiger charge is 2.17. The van der Waals surface area contributed by atoms with Crippen molar-refractivity contribution in [2.75, 3.05) is 13.1 Å². The van der Waals surface area contributed by atoms with E-state index in [4.69, 9.17) is 11.3 Å². The number of carbonyl (C=O) groups is 1. The van der Waals surface area contributed by atoms with E-state index in [1.54, 1.807) is 0 Å². The molecule has 0 rings (SSSR count). The molecule has 1 unspecified atom stereocenters. The van der Waals surface area contributed by atoms with Gasteiger partial charge in [0.2, 0.25) is 5.91 Å². The first-order chi connectivity index (χ1) is 6.09. The Morgan fingerprint density at radius 3 is 2.69 bits per heavy atom. The van der Waals surface area contributed by atoms with E-state index >= 15 is 0 Å². The monoisotopic (exact) mass is 185 g/mol. The number of azide groups is 1. The summed E-state index contributed by atoms with van der Waals surface area (Å²) in [5.41, 5.74) is 13.1. The molecule has 0 heterocycles. The number of rotatable bonds is 6. The molecular formula is C7H15N5O. The van der Waals surface area contributed by atoms with Crippen molar-refractivity contribution in [1.29, 1.82) is 0 Å². The van der Waals surface area contributed by atoms with Gasteiger partial charge in [-0.2, -0.15) is 0 Å². The van der Waals surface area contributed by atoms with Crippen molar-refractivity contribution in [3.05, 3.63) is 10.4 Å². The zero-order valence-corrected chi connectivity index (χ0v) is 7.90. The van der Waals surface area contributed by atoms with Crippen LogP contribution in [0.25, 0.3) is 10.4 Å². The Hall–Kier alpha value is -1.26. The molecule has 0 aromatic heterocycles. The second-order valence-corrected chi connectivity index (χ2v) is 3.03. The molecule has 1 atom stereocenters. The summed E-state index contributed by atoms with van der Waals surface area (Å²) < 4.78 is 0. The van der Waals surface area contributed by atoms with Gasteiger partial charge in [-0.15, -0.1) is 0 Å². The third-order valence-electron chi connectivity index (χ3n) is 1.61. The van der Waals surface area contributed by atoms with Crippen LogP contribution in [0.4, 0.5) is 0 Å². The van der Waals surface area contributed by atoms with Crippen LogP contribution in [0.2, 0.25) is 0 Å². The Kier molecular flexibility index (Phi) is 5.67. The summed E-state index contributed by atoms with van der Waals surface area (Å²) in [6.45, 7) is 4.59. The Balaban J connectivity index is 3.83. The van der Waals surface area contributed by atoms with Gasteiger partial charge in [0.15, 0.2) is 0 Å². The van der Waals surface area contributed by atoms with Crippen molar-refractivity contribution in [2.45, 2.75) is 19.9 Å². The molecule has 0 spiro atoms. The van der Waals surface area contributed by atoms with Crippen LogP contribution in [0.3, 0.4) is 0 Å². The molecule has 0 aliphatic rings. The normalized spacial score (nSPS) is 12.2. The standard InChI is InChI=1S/C7H15N5O/c1-5(2)6(7(8)13)10-3-4-11-12-9/h5-6,10H,3-4H2,1-2H3,(H2,8,13). The van der Waals surface area contributed by atoms with Crippen LogP contribution in [0.1, 0.15) is 13.8 Å². The van der Waals surface area contributed by atoms with Gasteiger partial charge in [-0.05, 0) is 11.4 Å².